The third kappa shape index (κ3) is 3.00. The van der Waals surface area contributed by atoms with Gasteiger partial charge < -0.3 is 9.47 Å². The van der Waals surface area contributed by atoms with E-state index in [1.807, 2.05) is 6.92 Å². The van der Waals surface area contributed by atoms with Crippen LogP contribution in [0.2, 0.25) is 0 Å². The Balaban J connectivity index is 2.15. The second kappa shape index (κ2) is 5.25. The molecule has 19 heavy (non-hydrogen) atoms. The topological polar surface area (TPSA) is 47.6 Å². The zero-order chi connectivity index (χ0) is 14.1. The molecular weight excluding hydrogens is 242 g/mol. The molecule has 2 bridgehead atoms. The van der Waals surface area contributed by atoms with E-state index < -0.39 is 0 Å². The van der Waals surface area contributed by atoms with E-state index in [0.717, 1.165) is 6.42 Å². The van der Waals surface area contributed by atoms with Crippen LogP contribution < -0.4 is 5.32 Å². The van der Waals surface area contributed by atoms with Crippen LogP contribution in [0.25, 0.3) is 0 Å². The van der Waals surface area contributed by atoms with Gasteiger partial charge in [-0.2, -0.15) is 0 Å². The third-order valence-electron chi connectivity index (χ3n) is 4.19. The van der Waals surface area contributed by atoms with Crippen LogP contribution in [-0.2, 0) is 14.3 Å². The van der Waals surface area contributed by atoms with E-state index in [9.17, 15) is 4.79 Å². The van der Waals surface area contributed by atoms with Crippen LogP contribution in [0.15, 0.2) is 11.6 Å². The summed E-state index contributed by atoms with van der Waals surface area (Å²) in [7, 11) is 0. The average Bonchev–Trinajstić information content (AvgIpc) is 2.27. The molecule has 1 N–H and O–H groups in total. The second-order valence-electron chi connectivity index (χ2n) is 6.58. The number of nitrogens with one attached hydrogen (secondary N) is 1. The lowest BCUT2D eigenvalue weighted by Gasteiger charge is -2.53. The molecule has 0 aromatic carbocycles. The van der Waals surface area contributed by atoms with Crippen molar-refractivity contribution in [3.63, 3.8) is 0 Å². The van der Waals surface area contributed by atoms with Crippen molar-refractivity contribution in [1.29, 1.82) is 0 Å². The van der Waals surface area contributed by atoms with E-state index in [4.69, 9.17) is 9.47 Å². The molecule has 2 atom stereocenters. The molecule has 2 heterocycles. The fourth-order valence-corrected chi connectivity index (χ4v) is 2.94. The molecule has 0 amide bonds. The highest BCUT2D eigenvalue weighted by molar-refractivity contribution is 5.72. The Morgan fingerprint density at radius 2 is 2.32 bits per heavy atom. The maximum atomic E-state index is 11.7. The number of rotatable bonds is 3. The van der Waals surface area contributed by atoms with Crippen molar-refractivity contribution in [3.05, 3.63) is 11.6 Å². The summed E-state index contributed by atoms with van der Waals surface area (Å²) >= 11 is 0. The van der Waals surface area contributed by atoms with Crippen LogP contribution in [0.5, 0.6) is 0 Å². The Kier molecular flexibility index (Phi) is 4.02. The van der Waals surface area contributed by atoms with E-state index in [1.54, 1.807) is 0 Å². The van der Waals surface area contributed by atoms with E-state index in [-0.39, 0.29) is 23.0 Å². The molecule has 0 radical (unpaired) electrons. The summed E-state index contributed by atoms with van der Waals surface area (Å²) in [6, 6.07) is 0.214. The molecule has 108 valence electrons. The number of esters is 1. The fourth-order valence-electron chi connectivity index (χ4n) is 2.94. The predicted octanol–water partition coefficient (Wildman–Crippen LogP) is 2.04. The summed E-state index contributed by atoms with van der Waals surface area (Å²) in [5.74, 6) is -0.126. The minimum absolute atomic E-state index is 0.0769. The molecular formula is C15H25NO3. The smallest absolute Gasteiger partial charge is 0.309 e. The molecule has 4 nitrogen and oxygen atoms in total. The van der Waals surface area contributed by atoms with Crippen LogP contribution in [0.3, 0.4) is 0 Å². The largest absolute Gasteiger partial charge is 0.466 e. The lowest BCUT2D eigenvalue weighted by molar-refractivity contribution is -0.142. The normalized spacial score (nSPS) is 30.7. The number of ether oxygens (including phenoxy) is 2. The van der Waals surface area contributed by atoms with Crippen molar-refractivity contribution in [2.45, 2.75) is 52.1 Å². The van der Waals surface area contributed by atoms with Crippen LogP contribution in [0, 0.1) is 5.41 Å². The van der Waals surface area contributed by atoms with Gasteiger partial charge in [-0.25, -0.2) is 0 Å². The highest BCUT2D eigenvalue weighted by Crippen LogP contribution is 2.41. The highest BCUT2D eigenvalue weighted by atomic mass is 16.5. The van der Waals surface area contributed by atoms with Crippen LogP contribution in [-0.4, -0.2) is 37.4 Å². The van der Waals surface area contributed by atoms with E-state index in [0.29, 0.717) is 26.2 Å². The fraction of sp³-hybridized carbons (Fsp3) is 0.800. The molecule has 0 saturated carbocycles. The van der Waals surface area contributed by atoms with Gasteiger partial charge in [-0.1, -0.05) is 32.4 Å². The number of hydrogen-bond donors (Lipinski definition) is 1. The summed E-state index contributed by atoms with van der Waals surface area (Å²) < 4.78 is 10.8. The minimum Gasteiger partial charge on any atom is -0.466 e. The van der Waals surface area contributed by atoms with Gasteiger partial charge in [0, 0.05) is 6.04 Å². The molecule has 0 aliphatic carbocycles. The van der Waals surface area contributed by atoms with E-state index in [2.05, 4.69) is 32.2 Å². The van der Waals surface area contributed by atoms with Crippen molar-refractivity contribution in [1.82, 2.24) is 5.32 Å². The van der Waals surface area contributed by atoms with Gasteiger partial charge in [-0.3, -0.25) is 10.1 Å². The number of hydrogen-bond acceptors (Lipinski definition) is 4. The van der Waals surface area contributed by atoms with Crippen LogP contribution >= 0.6 is 0 Å². The average molecular weight is 267 g/mol. The lowest BCUT2D eigenvalue weighted by Crippen LogP contribution is -2.66. The molecule has 4 heteroatoms. The Morgan fingerprint density at radius 3 is 2.95 bits per heavy atom. The summed E-state index contributed by atoms with van der Waals surface area (Å²) in [6.45, 7) is 10.3. The summed E-state index contributed by atoms with van der Waals surface area (Å²) in [4.78, 5) is 11.7. The van der Waals surface area contributed by atoms with E-state index in [1.165, 1.54) is 5.57 Å². The van der Waals surface area contributed by atoms with Gasteiger partial charge in [0.2, 0.25) is 0 Å². The first-order chi connectivity index (χ1) is 8.86. The molecule has 2 aliphatic rings. The van der Waals surface area contributed by atoms with Gasteiger partial charge in [-0.05, 0) is 18.8 Å². The van der Waals surface area contributed by atoms with E-state index >= 15 is 0 Å². The summed E-state index contributed by atoms with van der Waals surface area (Å²) in [5.41, 5.74) is 1.19. The number of carbonyl (C=O) groups excluding carboxylic acids is 1. The minimum atomic E-state index is -0.126. The zero-order valence-corrected chi connectivity index (χ0v) is 12.4. The maximum Gasteiger partial charge on any atom is 0.309 e. The molecule has 1 fully saturated rings. The van der Waals surface area contributed by atoms with Crippen molar-refractivity contribution in [3.8, 4) is 0 Å². The number of carbonyl (C=O) groups is 1. The second-order valence-corrected chi connectivity index (χ2v) is 6.58. The van der Waals surface area contributed by atoms with Gasteiger partial charge in [0.05, 0.1) is 31.8 Å². The molecule has 2 unspecified atom stereocenters. The SMILES string of the molecule is CCOC(=O)CC1=CC2COCC(C(C)(C)C)(C1)N2. The van der Waals surface area contributed by atoms with Gasteiger partial charge >= 0.3 is 5.97 Å². The van der Waals surface area contributed by atoms with Gasteiger partial charge in [0.25, 0.3) is 0 Å². The molecule has 2 aliphatic heterocycles. The maximum absolute atomic E-state index is 11.7. The summed E-state index contributed by atoms with van der Waals surface area (Å²) in [5, 5.41) is 3.69. The first-order valence-electron chi connectivity index (χ1n) is 7.07. The van der Waals surface area contributed by atoms with Gasteiger partial charge in [0.1, 0.15) is 0 Å². The standard InChI is InChI=1S/C15H25NO3/c1-5-19-13(17)7-11-6-12-9-18-10-15(8-11,16-12)14(2,3)4/h6,12,16H,5,7-10H2,1-4H3. The Bertz CT molecular complexity index is 383. The molecule has 0 aromatic rings. The van der Waals surface area contributed by atoms with Crippen LogP contribution in [0.1, 0.15) is 40.5 Å². The first kappa shape index (κ1) is 14.5. The zero-order valence-electron chi connectivity index (χ0n) is 12.4. The third-order valence-corrected chi connectivity index (χ3v) is 4.19. The van der Waals surface area contributed by atoms with Crippen molar-refractivity contribution >= 4 is 5.97 Å². The van der Waals surface area contributed by atoms with Crippen molar-refractivity contribution in [2.24, 2.45) is 5.41 Å². The molecule has 0 spiro atoms. The molecule has 2 rings (SSSR count). The van der Waals surface area contributed by atoms with Crippen molar-refractivity contribution in [2.75, 3.05) is 19.8 Å². The predicted molar refractivity (Wildman–Crippen MR) is 73.9 cm³/mol. The Morgan fingerprint density at radius 1 is 1.58 bits per heavy atom. The highest BCUT2D eigenvalue weighted by Gasteiger charge is 2.48. The monoisotopic (exact) mass is 267 g/mol. The number of morpholine rings is 1. The lowest BCUT2D eigenvalue weighted by atomic mass is 9.67. The Labute approximate surface area is 115 Å². The quantitative estimate of drug-likeness (QED) is 0.628. The van der Waals surface area contributed by atoms with Gasteiger partial charge in [0.15, 0.2) is 0 Å². The van der Waals surface area contributed by atoms with Crippen LogP contribution in [0.4, 0.5) is 0 Å². The Hall–Kier alpha value is -0.870. The van der Waals surface area contributed by atoms with Crippen molar-refractivity contribution < 1.29 is 14.3 Å². The number of fused-ring (bicyclic) bond motifs is 2. The molecule has 0 aromatic heterocycles. The van der Waals surface area contributed by atoms with Gasteiger partial charge in [-0.15, -0.1) is 0 Å². The first-order valence-corrected chi connectivity index (χ1v) is 7.07. The molecule has 1 saturated heterocycles. The summed E-state index contributed by atoms with van der Waals surface area (Å²) in [6.07, 6.45) is 3.40.